The van der Waals surface area contributed by atoms with Crippen LogP contribution in [0.1, 0.15) is 19.4 Å². The molecular weight excluding hydrogens is 335 g/mol. The van der Waals surface area contributed by atoms with Gasteiger partial charge in [-0.1, -0.05) is 32.0 Å². The molecule has 0 saturated carbocycles. The minimum absolute atomic E-state index is 0.0313. The van der Waals surface area contributed by atoms with Crippen molar-refractivity contribution >= 4 is 11.9 Å². The van der Waals surface area contributed by atoms with Crippen molar-refractivity contribution < 1.29 is 14.0 Å². The summed E-state index contributed by atoms with van der Waals surface area (Å²) in [6, 6.07) is 6.23. The highest BCUT2D eigenvalue weighted by Gasteiger charge is 2.27. The summed E-state index contributed by atoms with van der Waals surface area (Å²) in [7, 11) is 2.05. The average Bonchev–Trinajstić information content (AvgIpc) is 2.63. The molecule has 7 heteroatoms. The van der Waals surface area contributed by atoms with E-state index < -0.39 is 0 Å². The van der Waals surface area contributed by atoms with Crippen molar-refractivity contribution in [2.24, 2.45) is 5.92 Å². The second-order valence-corrected chi connectivity index (χ2v) is 6.97. The van der Waals surface area contributed by atoms with Crippen LogP contribution in [0.2, 0.25) is 0 Å². The monoisotopic (exact) mass is 364 g/mol. The molecule has 1 heterocycles. The Morgan fingerprint density at radius 3 is 2.73 bits per heavy atom. The van der Waals surface area contributed by atoms with E-state index in [-0.39, 0.29) is 30.8 Å². The molecule has 1 unspecified atom stereocenters. The molecule has 3 amide bonds. The zero-order valence-corrected chi connectivity index (χ0v) is 15.9. The highest BCUT2D eigenvalue weighted by molar-refractivity contribution is 5.85. The predicted molar refractivity (Wildman–Crippen MR) is 99.1 cm³/mol. The highest BCUT2D eigenvalue weighted by atomic mass is 19.1. The maximum absolute atomic E-state index is 13.8. The van der Waals surface area contributed by atoms with Crippen LogP contribution in [0.4, 0.5) is 9.18 Å². The van der Waals surface area contributed by atoms with Crippen LogP contribution in [0.15, 0.2) is 24.3 Å². The van der Waals surface area contributed by atoms with Crippen LogP contribution < -0.4 is 5.32 Å². The summed E-state index contributed by atoms with van der Waals surface area (Å²) in [5.74, 6) is -0.137. The van der Waals surface area contributed by atoms with Gasteiger partial charge in [0, 0.05) is 38.3 Å². The third kappa shape index (κ3) is 5.69. The number of benzene rings is 1. The van der Waals surface area contributed by atoms with Gasteiger partial charge in [-0.25, -0.2) is 9.18 Å². The number of rotatable bonds is 7. The highest BCUT2D eigenvalue weighted by Crippen LogP contribution is 2.13. The lowest BCUT2D eigenvalue weighted by atomic mass is 10.1. The molecule has 0 bridgehead atoms. The van der Waals surface area contributed by atoms with Crippen LogP contribution in [0.3, 0.4) is 0 Å². The Balaban J connectivity index is 1.79. The van der Waals surface area contributed by atoms with E-state index in [2.05, 4.69) is 24.1 Å². The van der Waals surface area contributed by atoms with Crippen LogP contribution in [0, 0.1) is 11.7 Å². The quantitative estimate of drug-likeness (QED) is 0.802. The normalized spacial score (nSPS) is 16.1. The third-order valence-corrected chi connectivity index (χ3v) is 4.69. The molecule has 0 aromatic heterocycles. The topological polar surface area (TPSA) is 55.9 Å². The van der Waals surface area contributed by atoms with E-state index in [0.29, 0.717) is 31.1 Å². The number of carbonyl (C=O) groups excluding carboxylic acids is 2. The lowest BCUT2D eigenvalue weighted by Crippen LogP contribution is -2.54. The Hall–Kier alpha value is -2.15. The number of hydrogen-bond acceptors (Lipinski definition) is 3. The molecular formula is C19H29FN4O2. The molecule has 1 aliphatic heterocycles. The van der Waals surface area contributed by atoms with Gasteiger partial charge in [0.1, 0.15) is 12.4 Å². The number of halogens is 1. The van der Waals surface area contributed by atoms with Crippen LogP contribution >= 0.6 is 0 Å². The van der Waals surface area contributed by atoms with Gasteiger partial charge in [0.2, 0.25) is 5.91 Å². The first-order valence-corrected chi connectivity index (χ1v) is 9.13. The molecule has 6 nitrogen and oxygen atoms in total. The number of nitrogens with one attached hydrogen (secondary N) is 1. The SMILES string of the molecule is CCN(C)CC(C)CNC(=O)N1CCN(Cc2ccccc2F)C(=O)C1. The molecule has 1 aromatic carbocycles. The molecule has 1 saturated heterocycles. The lowest BCUT2D eigenvalue weighted by Gasteiger charge is -2.34. The summed E-state index contributed by atoms with van der Waals surface area (Å²) >= 11 is 0. The Bertz CT molecular complexity index is 625. The molecule has 1 N–H and O–H groups in total. The fourth-order valence-electron chi connectivity index (χ4n) is 2.98. The van der Waals surface area contributed by atoms with E-state index in [4.69, 9.17) is 0 Å². The summed E-state index contributed by atoms with van der Waals surface area (Å²) < 4.78 is 13.8. The molecule has 1 atom stereocenters. The zero-order valence-electron chi connectivity index (χ0n) is 15.9. The zero-order chi connectivity index (χ0) is 19.1. The van der Waals surface area contributed by atoms with Crippen molar-refractivity contribution in [3.8, 4) is 0 Å². The van der Waals surface area contributed by atoms with E-state index in [1.54, 1.807) is 23.1 Å². The van der Waals surface area contributed by atoms with Crippen molar-refractivity contribution in [2.45, 2.75) is 20.4 Å². The van der Waals surface area contributed by atoms with Gasteiger partial charge in [-0.05, 0) is 25.6 Å². The Kier molecular flexibility index (Phi) is 7.38. The van der Waals surface area contributed by atoms with Gasteiger partial charge in [0.25, 0.3) is 0 Å². The van der Waals surface area contributed by atoms with E-state index in [0.717, 1.165) is 13.1 Å². The summed E-state index contributed by atoms with van der Waals surface area (Å²) in [6.07, 6.45) is 0. The Labute approximate surface area is 154 Å². The van der Waals surface area contributed by atoms with Gasteiger partial charge < -0.3 is 20.0 Å². The lowest BCUT2D eigenvalue weighted by molar-refractivity contribution is -0.135. The van der Waals surface area contributed by atoms with Crippen LogP contribution in [-0.2, 0) is 11.3 Å². The molecule has 26 heavy (non-hydrogen) atoms. The molecule has 2 rings (SSSR count). The van der Waals surface area contributed by atoms with Gasteiger partial charge in [-0.2, -0.15) is 0 Å². The standard InChI is InChI=1S/C19H29FN4O2/c1-4-22(3)12-15(2)11-21-19(26)24-10-9-23(18(25)14-24)13-16-7-5-6-8-17(16)20/h5-8,15H,4,9-14H2,1-3H3,(H,21,26). The van der Waals surface area contributed by atoms with Crippen molar-refractivity contribution in [1.29, 1.82) is 0 Å². The smallest absolute Gasteiger partial charge is 0.317 e. The van der Waals surface area contributed by atoms with Gasteiger partial charge in [0.05, 0.1) is 0 Å². The largest absolute Gasteiger partial charge is 0.338 e. The van der Waals surface area contributed by atoms with E-state index in [9.17, 15) is 14.0 Å². The van der Waals surface area contributed by atoms with Crippen molar-refractivity contribution in [2.75, 3.05) is 46.3 Å². The fraction of sp³-hybridized carbons (Fsp3) is 0.579. The first-order valence-electron chi connectivity index (χ1n) is 9.13. The number of nitrogens with zero attached hydrogens (tertiary/aromatic N) is 3. The van der Waals surface area contributed by atoms with Crippen molar-refractivity contribution in [3.63, 3.8) is 0 Å². The fourth-order valence-corrected chi connectivity index (χ4v) is 2.98. The number of amides is 3. The predicted octanol–water partition coefficient (Wildman–Crippen LogP) is 1.77. The molecule has 1 aliphatic rings. The number of urea groups is 1. The maximum Gasteiger partial charge on any atom is 0.317 e. The Morgan fingerprint density at radius 1 is 1.35 bits per heavy atom. The van der Waals surface area contributed by atoms with Gasteiger partial charge in [0.15, 0.2) is 0 Å². The minimum Gasteiger partial charge on any atom is -0.338 e. The second kappa shape index (κ2) is 9.52. The summed E-state index contributed by atoms with van der Waals surface area (Å²) in [4.78, 5) is 29.9. The minimum atomic E-state index is -0.313. The van der Waals surface area contributed by atoms with E-state index in [1.165, 1.54) is 11.0 Å². The average molecular weight is 364 g/mol. The number of hydrogen-bond donors (Lipinski definition) is 1. The summed E-state index contributed by atoms with van der Waals surface area (Å²) in [5.41, 5.74) is 0.493. The van der Waals surface area contributed by atoms with Crippen molar-refractivity contribution in [1.82, 2.24) is 20.0 Å². The van der Waals surface area contributed by atoms with Crippen molar-refractivity contribution in [3.05, 3.63) is 35.6 Å². The van der Waals surface area contributed by atoms with E-state index >= 15 is 0 Å². The first-order chi connectivity index (χ1) is 12.4. The molecule has 1 aromatic rings. The molecule has 144 valence electrons. The van der Waals surface area contributed by atoms with Gasteiger partial charge >= 0.3 is 6.03 Å². The summed E-state index contributed by atoms with van der Waals surface area (Å²) in [6.45, 7) is 7.77. The second-order valence-electron chi connectivity index (χ2n) is 6.97. The molecule has 0 aliphatic carbocycles. The van der Waals surface area contributed by atoms with Crippen LogP contribution in [0.5, 0.6) is 0 Å². The number of piperazine rings is 1. The molecule has 0 radical (unpaired) electrons. The molecule has 0 spiro atoms. The van der Waals surface area contributed by atoms with Crippen LogP contribution in [0.25, 0.3) is 0 Å². The maximum atomic E-state index is 13.8. The number of carbonyl (C=O) groups is 2. The summed E-state index contributed by atoms with van der Waals surface area (Å²) in [5, 5.41) is 2.91. The van der Waals surface area contributed by atoms with Crippen LogP contribution in [-0.4, -0.2) is 73.0 Å². The molecule has 1 fully saturated rings. The third-order valence-electron chi connectivity index (χ3n) is 4.69. The Morgan fingerprint density at radius 2 is 2.08 bits per heavy atom. The van der Waals surface area contributed by atoms with Gasteiger partial charge in [-0.15, -0.1) is 0 Å². The van der Waals surface area contributed by atoms with E-state index in [1.807, 2.05) is 7.05 Å². The first kappa shape index (κ1) is 20.2. The van der Waals surface area contributed by atoms with Gasteiger partial charge in [-0.3, -0.25) is 4.79 Å².